The first kappa shape index (κ1) is 14.1. The fourth-order valence-electron chi connectivity index (χ4n) is 2.76. The summed E-state index contributed by atoms with van der Waals surface area (Å²) in [5, 5.41) is 6.62. The van der Waals surface area contributed by atoms with Crippen LogP contribution in [0.1, 0.15) is 39.5 Å². The van der Waals surface area contributed by atoms with Crippen molar-refractivity contribution in [3.8, 4) is 0 Å². The predicted octanol–water partition coefficient (Wildman–Crippen LogP) is 3.27. The summed E-state index contributed by atoms with van der Waals surface area (Å²) < 4.78 is 6.00. The van der Waals surface area contributed by atoms with Crippen LogP contribution in [0.3, 0.4) is 0 Å². The minimum absolute atomic E-state index is 0.0521. The van der Waals surface area contributed by atoms with Crippen LogP contribution in [-0.2, 0) is 4.74 Å². The van der Waals surface area contributed by atoms with Gasteiger partial charge in [0.2, 0.25) is 0 Å². The number of ether oxygens (including phenoxy) is 1. The molecule has 0 amide bonds. The Kier molecular flexibility index (Phi) is 4.64. The molecule has 1 aliphatic heterocycles. The molecule has 1 fully saturated rings. The Morgan fingerprint density at radius 3 is 2.74 bits per heavy atom. The SMILES string of the molecule is CCC1(CC)CC(Nc2cccc(NC)n2)CCO1. The van der Waals surface area contributed by atoms with Crippen molar-refractivity contribution < 1.29 is 4.74 Å². The molecule has 1 aromatic rings. The average molecular weight is 263 g/mol. The third-order valence-electron chi connectivity index (χ3n) is 4.14. The van der Waals surface area contributed by atoms with Gasteiger partial charge in [0.15, 0.2) is 0 Å². The van der Waals surface area contributed by atoms with Gasteiger partial charge in [0.25, 0.3) is 0 Å². The highest BCUT2D eigenvalue weighted by Crippen LogP contribution is 2.32. The minimum Gasteiger partial charge on any atom is -0.375 e. The summed E-state index contributed by atoms with van der Waals surface area (Å²) in [4.78, 5) is 4.52. The number of pyridine rings is 1. The first-order valence-corrected chi connectivity index (χ1v) is 7.26. The van der Waals surface area contributed by atoms with Crippen molar-refractivity contribution in [3.63, 3.8) is 0 Å². The molecule has 0 aliphatic carbocycles. The number of nitrogens with zero attached hydrogens (tertiary/aromatic N) is 1. The van der Waals surface area contributed by atoms with Crippen molar-refractivity contribution in [1.29, 1.82) is 0 Å². The maximum atomic E-state index is 6.00. The standard InChI is InChI=1S/C15H25N3O/c1-4-15(5-2)11-12(9-10-19-15)17-14-8-6-7-13(16-3)18-14/h6-8,12H,4-5,9-11H2,1-3H3,(H2,16,17,18). The molecule has 0 radical (unpaired) electrons. The molecule has 2 heterocycles. The summed E-state index contributed by atoms with van der Waals surface area (Å²) in [6.07, 6.45) is 4.26. The van der Waals surface area contributed by atoms with Gasteiger partial charge in [-0.3, -0.25) is 0 Å². The van der Waals surface area contributed by atoms with Crippen molar-refractivity contribution in [3.05, 3.63) is 18.2 Å². The van der Waals surface area contributed by atoms with Crippen molar-refractivity contribution in [1.82, 2.24) is 4.98 Å². The lowest BCUT2D eigenvalue weighted by molar-refractivity contribution is -0.0864. The smallest absolute Gasteiger partial charge is 0.128 e. The van der Waals surface area contributed by atoms with Crippen molar-refractivity contribution in [2.45, 2.75) is 51.2 Å². The van der Waals surface area contributed by atoms with Crippen LogP contribution < -0.4 is 10.6 Å². The second-order valence-corrected chi connectivity index (χ2v) is 5.23. The van der Waals surface area contributed by atoms with E-state index in [4.69, 9.17) is 4.74 Å². The van der Waals surface area contributed by atoms with Gasteiger partial charge < -0.3 is 15.4 Å². The summed E-state index contributed by atoms with van der Waals surface area (Å²) in [6.45, 7) is 5.27. The van der Waals surface area contributed by atoms with Crippen LogP contribution in [0.4, 0.5) is 11.6 Å². The Labute approximate surface area is 116 Å². The molecule has 0 aromatic carbocycles. The number of nitrogens with one attached hydrogen (secondary N) is 2. The highest BCUT2D eigenvalue weighted by molar-refractivity contribution is 5.45. The zero-order chi connectivity index (χ0) is 13.7. The summed E-state index contributed by atoms with van der Waals surface area (Å²) in [5.74, 6) is 1.84. The largest absolute Gasteiger partial charge is 0.375 e. The van der Waals surface area contributed by atoms with Gasteiger partial charge in [-0.25, -0.2) is 4.98 Å². The molecule has 1 aliphatic rings. The molecule has 0 bridgehead atoms. The topological polar surface area (TPSA) is 46.2 Å². The Balaban J connectivity index is 2.02. The van der Waals surface area contributed by atoms with E-state index >= 15 is 0 Å². The normalized spacial score (nSPS) is 21.9. The molecule has 106 valence electrons. The van der Waals surface area contributed by atoms with Gasteiger partial charge in [-0.15, -0.1) is 0 Å². The molecule has 4 heteroatoms. The zero-order valence-electron chi connectivity index (χ0n) is 12.2. The van der Waals surface area contributed by atoms with Gasteiger partial charge in [0.05, 0.1) is 5.60 Å². The quantitative estimate of drug-likeness (QED) is 0.856. The van der Waals surface area contributed by atoms with Gasteiger partial charge >= 0.3 is 0 Å². The third kappa shape index (κ3) is 3.38. The number of aromatic nitrogens is 1. The number of hydrogen-bond acceptors (Lipinski definition) is 4. The van der Waals surface area contributed by atoms with E-state index in [0.29, 0.717) is 6.04 Å². The number of rotatable bonds is 5. The molecule has 0 saturated carbocycles. The molecule has 1 saturated heterocycles. The Morgan fingerprint density at radius 1 is 1.32 bits per heavy atom. The molecule has 4 nitrogen and oxygen atoms in total. The van der Waals surface area contributed by atoms with E-state index in [-0.39, 0.29) is 5.60 Å². The highest BCUT2D eigenvalue weighted by atomic mass is 16.5. The zero-order valence-corrected chi connectivity index (χ0v) is 12.2. The lowest BCUT2D eigenvalue weighted by Crippen LogP contribution is -2.43. The predicted molar refractivity (Wildman–Crippen MR) is 79.7 cm³/mol. The van der Waals surface area contributed by atoms with Crippen LogP contribution in [0.5, 0.6) is 0 Å². The first-order chi connectivity index (χ1) is 9.21. The minimum atomic E-state index is 0.0521. The Morgan fingerprint density at radius 2 is 2.05 bits per heavy atom. The van der Waals surface area contributed by atoms with Crippen molar-refractivity contribution in [2.24, 2.45) is 0 Å². The molecular weight excluding hydrogens is 238 g/mol. The van der Waals surface area contributed by atoms with Gasteiger partial charge in [-0.2, -0.15) is 0 Å². The van der Waals surface area contributed by atoms with Gasteiger partial charge in [0, 0.05) is 19.7 Å². The van der Waals surface area contributed by atoms with Crippen LogP contribution in [0.2, 0.25) is 0 Å². The molecule has 1 atom stereocenters. The van der Waals surface area contributed by atoms with Crippen LogP contribution in [0.15, 0.2) is 18.2 Å². The highest BCUT2D eigenvalue weighted by Gasteiger charge is 2.34. The molecule has 0 spiro atoms. The molecule has 2 rings (SSSR count). The van der Waals surface area contributed by atoms with Crippen LogP contribution in [0, 0.1) is 0 Å². The van der Waals surface area contributed by atoms with Gasteiger partial charge in [0.1, 0.15) is 11.6 Å². The van der Waals surface area contributed by atoms with Crippen LogP contribution in [-0.4, -0.2) is 30.3 Å². The molecule has 2 N–H and O–H groups in total. The molecular formula is C15H25N3O. The Hall–Kier alpha value is -1.29. The third-order valence-corrected chi connectivity index (χ3v) is 4.14. The van der Waals surface area contributed by atoms with Gasteiger partial charge in [-0.1, -0.05) is 19.9 Å². The van der Waals surface area contributed by atoms with Crippen molar-refractivity contribution >= 4 is 11.6 Å². The van der Waals surface area contributed by atoms with E-state index in [0.717, 1.165) is 43.9 Å². The fraction of sp³-hybridized carbons (Fsp3) is 0.667. The maximum Gasteiger partial charge on any atom is 0.128 e. The molecule has 1 unspecified atom stereocenters. The van der Waals surface area contributed by atoms with Crippen molar-refractivity contribution in [2.75, 3.05) is 24.3 Å². The molecule has 19 heavy (non-hydrogen) atoms. The summed E-state index contributed by atoms with van der Waals surface area (Å²) in [7, 11) is 1.89. The second-order valence-electron chi connectivity index (χ2n) is 5.23. The van der Waals surface area contributed by atoms with Crippen LogP contribution in [0.25, 0.3) is 0 Å². The lowest BCUT2D eigenvalue weighted by atomic mass is 9.86. The van der Waals surface area contributed by atoms with E-state index in [9.17, 15) is 0 Å². The van der Waals surface area contributed by atoms with E-state index < -0.39 is 0 Å². The van der Waals surface area contributed by atoms with E-state index in [1.54, 1.807) is 0 Å². The maximum absolute atomic E-state index is 6.00. The average Bonchev–Trinajstić information content (AvgIpc) is 2.47. The first-order valence-electron chi connectivity index (χ1n) is 7.26. The second kappa shape index (κ2) is 6.24. The fourth-order valence-corrected chi connectivity index (χ4v) is 2.76. The summed E-state index contributed by atoms with van der Waals surface area (Å²) in [6, 6.07) is 6.47. The molecule has 1 aromatic heterocycles. The van der Waals surface area contributed by atoms with Gasteiger partial charge in [-0.05, 0) is 37.8 Å². The van der Waals surface area contributed by atoms with E-state index in [2.05, 4.69) is 29.5 Å². The summed E-state index contributed by atoms with van der Waals surface area (Å²) in [5.41, 5.74) is 0.0521. The monoisotopic (exact) mass is 263 g/mol. The lowest BCUT2D eigenvalue weighted by Gasteiger charge is -2.40. The van der Waals surface area contributed by atoms with E-state index in [1.165, 1.54) is 0 Å². The summed E-state index contributed by atoms with van der Waals surface area (Å²) >= 11 is 0. The number of anilines is 2. The number of hydrogen-bond donors (Lipinski definition) is 2. The van der Waals surface area contributed by atoms with E-state index in [1.807, 2.05) is 25.2 Å². The van der Waals surface area contributed by atoms with Crippen LogP contribution >= 0.6 is 0 Å². The Bertz CT molecular complexity index is 404.